The fraction of sp³-hybridized carbons (Fsp3) is 0.682. The maximum Gasteiger partial charge on any atom is 0.191 e. The minimum atomic E-state index is -0.471. The number of nitrogens with zero attached hydrogens (tertiary/aromatic N) is 2. The molecule has 1 fully saturated rings. The predicted molar refractivity (Wildman–Crippen MR) is 115 cm³/mol. The fourth-order valence-corrected chi connectivity index (χ4v) is 3.78. The number of ether oxygens (including phenoxy) is 2. The summed E-state index contributed by atoms with van der Waals surface area (Å²) in [6.45, 7) is 8.81. The largest absolute Gasteiger partial charge is 0.390 e. The molecule has 7 nitrogen and oxygen atoms in total. The normalized spacial score (nSPS) is 21.0. The molecule has 162 valence electrons. The van der Waals surface area contributed by atoms with Crippen LogP contribution in [-0.4, -0.2) is 80.7 Å². The Bertz CT molecular complexity index is 634. The monoisotopic (exact) mass is 404 g/mol. The summed E-state index contributed by atoms with van der Waals surface area (Å²) >= 11 is 0. The van der Waals surface area contributed by atoms with E-state index in [1.54, 1.807) is 0 Å². The predicted octanol–water partition coefficient (Wildman–Crippen LogP) is 1.16. The van der Waals surface area contributed by atoms with Crippen molar-refractivity contribution in [3.63, 3.8) is 0 Å². The van der Waals surface area contributed by atoms with Crippen molar-refractivity contribution in [2.45, 2.75) is 44.9 Å². The smallest absolute Gasteiger partial charge is 0.191 e. The van der Waals surface area contributed by atoms with E-state index in [1.807, 2.05) is 6.92 Å². The van der Waals surface area contributed by atoms with Crippen LogP contribution in [0, 0.1) is 0 Å². The highest BCUT2D eigenvalue weighted by molar-refractivity contribution is 5.79. The van der Waals surface area contributed by atoms with E-state index in [9.17, 15) is 5.11 Å². The molecule has 1 saturated heterocycles. The van der Waals surface area contributed by atoms with E-state index in [0.29, 0.717) is 13.1 Å². The average molecular weight is 405 g/mol. The number of hydrogen-bond acceptors (Lipinski definition) is 5. The molecule has 7 heteroatoms. The van der Waals surface area contributed by atoms with Gasteiger partial charge in [-0.15, -0.1) is 0 Å². The van der Waals surface area contributed by atoms with E-state index in [2.05, 4.69) is 44.8 Å². The number of aliphatic imine (C=N–C) groups is 1. The van der Waals surface area contributed by atoms with Gasteiger partial charge in [0.1, 0.15) is 0 Å². The number of aliphatic hydroxyl groups excluding tert-OH is 1. The van der Waals surface area contributed by atoms with E-state index < -0.39 is 6.10 Å². The van der Waals surface area contributed by atoms with E-state index in [1.165, 1.54) is 11.1 Å². The second kappa shape index (κ2) is 12.1. The van der Waals surface area contributed by atoms with Crippen LogP contribution in [0.25, 0.3) is 0 Å². The number of benzene rings is 1. The lowest BCUT2D eigenvalue weighted by Gasteiger charge is -2.30. The summed E-state index contributed by atoms with van der Waals surface area (Å²) in [6, 6.07) is 8.57. The Morgan fingerprint density at radius 3 is 3.00 bits per heavy atom. The van der Waals surface area contributed by atoms with Crippen LogP contribution in [0.1, 0.15) is 30.9 Å². The summed E-state index contributed by atoms with van der Waals surface area (Å²) in [5.74, 6) is 0.750. The first kappa shape index (κ1) is 22.0. The highest BCUT2D eigenvalue weighted by atomic mass is 16.5. The quantitative estimate of drug-likeness (QED) is 0.309. The fourth-order valence-electron chi connectivity index (χ4n) is 3.78. The first-order valence-corrected chi connectivity index (χ1v) is 10.9. The zero-order valence-electron chi connectivity index (χ0n) is 17.6. The minimum Gasteiger partial charge on any atom is -0.390 e. The Hall–Kier alpha value is -1.67. The lowest BCUT2D eigenvalue weighted by molar-refractivity contribution is 0.0420. The summed E-state index contributed by atoms with van der Waals surface area (Å²) < 4.78 is 11.1. The minimum absolute atomic E-state index is 0.258. The number of hydrogen-bond donors (Lipinski definition) is 3. The van der Waals surface area contributed by atoms with Crippen molar-refractivity contribution in [2.24, 2.45) is 4.99 Å². The molecule has 0 aliphatic carbocycles. The van der Waals surface area contributed by atoms with Crippen LogP contribution in [0.4, 0.5) is 0 Å². The van der Waals surface area contributed by atoms with Crippen molar-refractivity contribution < 1.29 is 14.6 Å². The lowest BCUT2D eigenvalue weighted by Crippen LogP contribution is -2.40. The third kappa shape index (κ3) is 7.59. The number of β-amino-alcohol motifs (C(OH)–C–C–N with tert-alkyl or cyclic N) is 1. The standard InChI is InChI=1S/C22H36N4O3/c1-2-23-22(24-10-5-12-29-21-9-13-28-17-21)25-14-20(27)16-26-11-8-18-6-3-4-7-19(18)15-26/h3-4,6-7,20-21,27H,2,5,8-17H2,1H3,(H2,23,24,25). The molecule has 3 rings (SSSR count). The van der Waals surface area contributed by atoms with Crippen molar-refractivity contribution in [3.05, 3.63) is 35.4 Å². The second-order valence-electron chi connectivity index (χ2n) is 7.76. The molecule has 2 unspecified atom stereocenters. The number of nitrogens with one attached hydrogen (secondary N) is 2. The summed E-state index contributed by atoms with van der Waals surface area (Å²) in [5, 5.41) is 17.0. The number of fused-ring (bicyclic) bond motifs is 1. The highest BCUT2D eigenvalue weighted by Gasteiger charge is 2.18. The Labute approximate surface area is 174 Å². The van der Waals surface area contributed by atoms with Gasteiger partial charge in [0.25, 0.3) is 0 Å². The van der Waals surface area contributed by atoms with Crippen molar-refractivity contribution >= 4 is 5.96 Å². The second-order valence-corrected chi connectivity index (χ2v) is 7.76. The lowest BCUT2D eigenvalue weighted by atomic mass is 10.00. The van der Waals surface area contributed by atoms with Gasteiger partial charge in [-0.25, -0.2) is 0 Å². The first-order valence-electron chi connectivity index (χ1n) is 10.9. The molecule has 0 amide bonds. The third-order valence-corrected chi connectivity index (χ3v) is 5.34. The SMILES string of the molecule is CCNC(=NCC(O)CN1CCc2ccccc2C1)NCCCOC1CCOC1. The van der Waals surface area contributed by atoms with Gasteiger partial charge in [0.05, 0.1) is 25.4 Å². The Kier molecular flexibility index (Phi) is 9.21. The molecule has 29 heavy (non-hydrogen) atoms. The highest BCUT2D eigenvalue weighted by Crippen LogP contribution is 2.18. The van der Waals surface area contributed by atoms with Crippen molar-refractivity contribution in [3.8, 4) is 0 Å². The first-order chi connectivity index (χ1) is 14.2. The average Bonchev–Trinajstić information content (AvgIpc) is 3.25. The molecule has 2 aliphatic rings. The molecule has 0 spiro atoms. The van der Waals surface area contributed by atoms with E-state index in [4.69, 9.17) is 9.47 Å². The molecule has 0 radical (unpaired) electrons. The number of guanidine groups is 1. The van der Waals surface area contributed by atoms with Gasteiger partial charge in [-0.2, -0.15) is 0 Å². The third-order valence-electron chi connectivity index (χ3n) is 5.34. The molecule has 2 heterocycles. The summed E-state index contributed by atoms with van der Waals surface area (Å²) in [7, 11) is 0. The molecule has 0 bridgehead atoms. The van der Waals surface area contributed by atoms with Crippen molar-refractivity contribution in [1.82, 2.24) is 15.5 Å². The Balaban J connectivity index is 1.35. The molecule has 0 aromatic heterocycles. The Morgan fingerprint density at radius 1 is 1.34 bits per heavy atom. The Morgan fingerprint density at radius 2 is 2.21 bits per heavy atom. The molecular formula is C22H36N4O3. The van der Waals surface area contributed by atoms with E-state index >= 15 is 0 Å². The van der Waals surface area contributed by atoms with E-state index in [-0.39, 0.29) is 6.10 Å². The van der Waals surface area contributed by atoms with Crippen LogP contribution in [-0.2, 0) is 22.4 Å². The molecule has 1 aromatic rings. The molecule has 2 atom stereocenters. The van der Waals surface area contributed by atoms with Gasteiger partial charge in [-0.1, -0.05) is 24.3 Å². The topological polar surface area (TPSA) is 78.4 Å². The van der Waals surface area contributed by atoms with Gasteiger partial charge in [0.15, 0.2) is 5.96 Å². The molecule has 0 saturated carbocycles. The zero-order chi connectivity index (χ0) is 20.3. The van der Waals surface area contributed by atoms with Crippen LogP contribution in [0.5, 0.6) is 0 Å². The van der Waals surface area contributed by atoms with Gasteiger partial charge in [-0.05, 0) is 37.3 Å². The van der Waals surface area contributed by atoms with Gasteiger partial charge in [-0.3, -0.25) is 9.89 Å². The van der Waals surface area contributed by atoms with Gasteiger partial charge < -0.3 is 25.2 Å². The van der Waals surface area contributed by atoms with Crippen molar-refractivity contribution in [1.29, 1.82) is 0 Å². The van der Waals surface area contributed by atoms with Crippen molar-refractivity contribution in [2.75, 3.05) is 52.5 Å². The molecule has 3 N–H and O–H groups in total. The van der Waals surface area contributed by atoms with Gasteiger partial charge >= 0.3 is 0 Å². The van der Waals surface area contributed by atoms with Crippen LogP contribution in [0.3, 0.4) is 0 Å². The van der Waals surface area contributed by atoms with Crippen LogP contribution in [0.15, 0.2) is 29.3 Å². The zero-order valence-corrected chi connectivity index (χ0v) is 17.6. The molecule has 1 aromatic carbocycles. The van der Waals surface area contributed by atoms with Crippen LogP contribution in [0.2, 0.25) is 0 Å². The number of rotatable bonds is 10. The van der Waals surface area contributed by atoms with Gasteiger partial charge in [0, 0.05) is 45.9 Å². The summed E-state index contributed by atoms with van der Waals surface area (Å²) in [4.78, 5) is 6.87. The number of aliphatic hydroxyl groups is 1. The van der Waals surface area contributed by atoms with Crippen LogP contribution >= 0.6 is 0 Å². The summed E-state index contributed by atoms with van der Waals surface area (Å²) in [6.07, 6.45) is 2.75. The molecule has 2 aliphatic heterocycles. The maximum absolute atomic E-state index is 10.5. The van der Waals surface area contributed by atoms with E-state index in [0.717, 1.165) is 71.2 Å². The van der Waals surface area contributed by atoms with Gasteiger partial charge in [0.2, 0.25) is 0 Å². The molecular weight excluding hydrogens is 368 g/mol. The summed E-state index contributed by atoms with van der Waals surface area (Å²) in [5.41, 5.74) is 2.80. The van der Waals surface area contributed by atoms with Crippen LogP contribution < -0.4 is 10.6 Å². The maximum atomic E-state index is 10.5.